The number of nitrogens with one attached hydrogen (secondary N) is 1. The van der Waals surface area contributed by atoms with Gasteiger partial charge in [-0.15, -0.1) is 0 Å². The number of nitrogens with zero attached hydrogens (tertiary/aromatic N) is 2. The molecule has 7 heteroatoms. The smallest absolute Gasteiger partial charge is 0.242 e. The Balaban J connectivity index is 2.29. The van der Waals surface area contributed by atoms with Gasteiger partial charge < -0.3 is 20.5 Å². The molecule has 21 heavy (non-hydrogen) atoms. The zero-order chi connectivity index (χ0) is 15.2. The highest BCUT2D eigenvalue weighted by atomic mass is 35.5. The molecule has 0 radical (unpaired) electrons. The lowest BCUT2D eigenvalue weighted by atomic mass is 10.3. The first-order valence-electron chi connectivity index (χ1n) is 6.49. The van der Waals surface area contributed by atoms with E-state index in [2.05, 4.69) is 15.3 Å². The number of aromatic nitrogens is 2. The molecule has 0 saturated carbocycles. The Morgan fingerprint density at radius 3 is 2.86 bits per heavy atom. The molecule has 0 aliphatic carbocycles. The van der Waals surface area contributed by atoms with Gasteiger partial charge in [-0.2, -0.15) is 4.98 Å². The van der Waals surface area contributed by atoms with Crippen molar-refractivity contribution in [2.45, 2.75) is 13.3 Å². The first-order chi connectivity index (χ1) is 10.2. The van der Waals surface area contributed by atoms with E-state index in [1.165, 1.54) is 6.33 Å². The van der Waals surface area contributed by atoms with Crippen molar-refractivity contribution in [1.29, 1.82) is 0 Å². The normalized spacial score (nSPS) is 10.2. The lowest BCUT2D eigenvalue weighted by Gasteiger charge is -2.14. The van der Waals surface area contributed by atoms with Crippen molar-refractivity contribution in [3.8, 4) is 11.6 Å². The minimum absolute atomic E-state index is 0.341. The molecule has 0 fully saturated rings. The van der Waals surface area contributed by atoms with Crippen LogP contribution in [0.2, 0.25) is 5.02 Å². The molecule has 1 aromatic carbocycles. The van der Waals surface area contributed by atoms with Crippen molar-refractivity contribution < 1.29 is 9.47 Å². The van der Waals surface area contributed by atoms with Gasteiger partial charge in [0.25, 0.3) is 0 Å². The Bertz CT molecular complexity index is 622. The van der Waals surface area contributed by atoms with Gasteiger partial charge >= 0.3 is 0 Å². The first kappa shape index (κ1) is 15.2. The number of anilines is 3. The van der Waals surface area contributed by atoms with Crippen LogP contribution in [-0.4, -0.2) is 23.7 Å². The van der Waals surface area contributed by atoms with Crippen LogP contribution < -0.4 is 20.5 Å². The van der Waals surface area contributed by atoms with E-state index in [0.29, 0.717) is 40.5 Å². The number of ether oxygens (including phenoxy) is 2. The number of nitrogens with two attached hydrogens (primary N) is 1. The maximum absolute atomic E-state index is 6.02. The van der Waals surface area contributed by atoms with Crippen LogP contribution in [0.15, 0.2) is 24.5 Å². The molecule has 0 amide bonds. The molecule has 0 aliphatic rings. The molecule has 6 nitrogen and oxygen atoms in total. The van der Waals surface area contributed by atoms with Crippen LogP contribution in [0.25, 0.3) is 0 Å². The summed E-state index contributed by atoms with van der Waals surface area (Å²) in [5.74, 6) is 1.43. The zero-order valence-corrected chi connectivity index (χ0v) is 12.6. The maximum Gasteiger partial charge on any atom is 0.242 e. The van der Waals surface area contributed by atoms with E-state index >= 15 is 0 Å². The Labute approximate surface area is 128 Å². The molecule has 1 aromatic heterocycles. The molecule has 2 aromatic rings. The predicted molar refractivity (Wildman–Crippen MR) is 83.5 cm³/mol. The minimum Gasteiger partial charge on any atom is -0.495 e. The summed E-state index contributed by atoms with van der Waals surface area (Å²) in [7, 11) is 1.58. The number of hydrogen-bond donors (Lipinski definition) is 2. The van der Waals surface area contributed by atoms with E-state index in [0.717, 1.165) is 6.42 Å². The first-order valence-corrected chi connectivity index (χ1v) is 6.87. The molecule has 0 unspecified atom stereocenters. The molecule has 0 bridgehead atoms. The molecule has 3 N–H and O–H groups in total. The summed E-state index contributed by atoms with van der Waals surface area (Å²) in [6.45, 7) is 2.55. The second kappa shape index (κ2) is 6.99. The number of benzene rings is 1. The van der Waals surface area contributed by atoms with Crippen LogP contribution in [0.4, 0.5) is 17.2 Å². The quantitative estimate of drug-likeness (QED) is 0.852. The van der Waals surface area contributed by atoms with Crippen molar-refractivity contribution >= 4 is 28.8 Å². The molecule has 112 valence electrons. The maximum atomic E-state index is 6.02. The molecule has 0 atom stereocenters. The average molecular weight is 309 g/mol. The topological polar surface area (TPSA) is 82.3 Å². The SMILES string of the molecule is CCCOc1ncnc(Nc2cc(Cl)ccc2OC)c1N. The van der Waals surface area contributed by atoms with Gasteiger partial charge in [-0.25, -0.2) is 4.98 Å². The third-order valence-corrected chi connectivity index (χ3v) is 2.94. The molecule has 0 saturated heterocycles. The van der Waals surface area contributed by atoms with E-state index in [-0.39, 0.29) is 0 Å². The van der Waals surface area contributed by atoms with Crippen molar-refractivity contribution in [3.63, 3.8) is 0 Å². The predicted octanol–water partition coefficient (Wildman–Crippen LogP) is 3.25. The minimum atomic E-state index is 0.341. The lowest BCUT2D eigenvalue weighted by molar-refractivity contribution is 0.307. The Kier molecular flexibility index (Phi) is 5.05. The van der Waals surface area contributed by atoms with Crippen molar-refractivity contribution in [1.82, 2.24) is 9.97 Å². The lowest BCUT2D eigenvalue weighted by Crippen LogP contribution is -2.06. The van der Waals surface area contributed by atoms with Crippen molar-refractivity contribution in [2.75, 3.05) is 24.8 Å². The van der Waals surface area contributed by atoms with Crippen LogP contribution in [0.5, 0.6) is 11.6 Å². The summed E-state index contributed by atoms with van der Waals surface area (Å²) in [6.07, 6.45) is 2.26. The summed E-state index contributed by atoms with van der Waals surface area (Å²) >= 11 is 6.00. The van der Waals surface area contributed by atoms with Gasteiger partial charge in [0.1, 0.15) is 17.8 Å². The Morgan fingerprint density at radius 1 is 1.33 bits per heavy atom. The Morgan fingerprint density at radius 2 is 2.14 bits per heavy atom. The van der Waals surface area contributed by atoms with Gasteiger partial charge in [0.05, 0.1) is 19.4 Å². The highest BCUT2D eigenvalue weighted by molar-refractivity contribution is 6.31. The fraction of sp³-hybridized carbons (Fsp3) is 0.286. The standard InChI is InChI=1S/C14H17ClN4O2/c1-3-6-21-14-12(16)13(17-8-18-14)19-10-7-9(15)4-5-11(10)20-2/h4-5,7-8H,3,6,16H2,1-2H3,(H,17,18,19). The molecule has 2 rings (SSSR count). The number of rotatable bonds is 6. The number of halogens is 1. The van der Waals surface area contributed by atoms with E-state index in [1.807, 2.05) is 6.92 Å². The summed E-state index contributed by atoms with van der Waals surface area (Å²) in [5.41, 5.74) is 7.02. The third kappa shape index (κ3) is 3.66. The zero-order valence-electron chi connectivity index (χ0n) is 11.9. The van der Waals surface area contributed by atoms with Crippen molar-refractivity contribution in [3.05, 3.63) is 29.5 Å². The molecular weight excluding hydrogens is 292 g/mol. The molecule has 1 heterocycles. The van der Waals surface area contributed by atoms with Gasteiger partial charge in [-0.3, -0.25) is 0 Å². The average Bonchev–Trinajstić information content (AvgIpc) is 2.48. The van der Waals surface area contributed by atoms with Gasteiger partial charge in [0, 0.05) is 5.02 Å². The van der Waals surface area contributed by atoms with Gasteiger partial charge in [0.15, 0.2) is 5.82 Å². The van der Waals surface area contributed by atoms with Crippen LogP contribution in [0.3, 0.4) is 0 Å². The Hall–Kier alpha value is -2.21. The number of hydrogen-bond acceptors (Lipinski definition) is 6. The summed E-state index contributed by atoms with van der Waals surface area (Å²) in [5, 5.41) is 3.66. The van der Waals surface area contributed by atoms with Crippen LogP contribution in [0, 0.1) is 0 Å². The largest absolute Gasteiger partial charge is 0.495 e. The second-order valence-electron chi connectivity index (χ2n) is 4.26. The molecular formula is C14H17ClN4O2. The van der Waals surface area contributed by atoms with Gasteiger partial charge in [-0.1, -0.05) is 18.5 Å². The van der Waals surface area contributed by atoms with Crippen LogP contribution in [-0.2, 0) is 0 Å². The van der Waals surface area contributed by atoms with Gasteiger partial charge in [0.2, 0.25) is 5.88 Å². The second-order valence-corrected chi connectivity index (χ2v) is 4.70. The van der Waals surface area contributed by atoms with Crippen LogP contribution in [0.1, 0.15) is 13.3 Å². The monoisotopic (exact) mass is 308 g/mol. The fourth-order valence-corrected chi connectivity index (χ4v) is 1.87. The summed E-state index contributed by atoms with van der Waals surface area (Å²) < 4.78 is 10.7. The highest BCUT2D eigenvalue weighted by Gasteiger charge is 2.12. The van der Waals surface area contributed by atoms with Crippen LogP contribution >= 0.6 is 11.6 Å². The number of methoxy groups -OCH3 is 1. The molecule has 0 aliphatic heterocycles. The summed E-state index contributed by atoms with van der Waals surface area (Å²) in [4.78, 5) is 8.14. The third-order valence-electron chi connectivity index (χ3n) is 2.70. The van der Waals surface area contributed by atoms with E-state index in [1.54, 1.807) is 25.3 Å². The van der Waals surface area contributed by atoms with Gasteiger partial charge in [-0.05, 0) is 24.6 Å². The van der Waals surface area contributed by atoms with E-state index < -0.39 is 0 Å². The fourth-order valence-electron chi connectivity index (χ4n) is 1.70. The summed E-state index contributed by atoms with van der Waals surface area (Å²) in [6, 6.07) is 5.23. The van der Waals surface area contributed by atoms with E-state index in [9.17, 15) is 0 Å². The number of nitrogen functional groups attached to an aromatic ring is 1. The molecule has 0 spiro atoms. The van der Waals surface area contributed by atoms with E-state index in [4.69, 9.17) is 26.8 Å². The van der Waals surface area contributed by atoms with Crippen molar-refractivity contribution in [2.24, 2.45) is 0 Å². The highest BCUT2D eigenvalue weighted by Crippen LogP contribution is 2.33.